The Balaban J connectivity index is 2.45. The number of hydrogen-bond donors (Lipinski definition) is 2. The Bertz CT molecular complexity index is 474. The van der Waals surface area contributed by atoms with Gasteiger partial charge in [0.1, 0.15) is 5.82 Å². The molecule has 1 rings (SSSR count). The Morgan fingerprint density at radius 1 is 1.24 bits per heavy atom. The molecule has 0 aliphatic carbocycles. The fourth-order valence-corrected chi connectivity index (χ4v) is 1.95. The van der Waals surface area contributed by atoms with Crippen LogP contribution in [0.1, 0.15) is 19.4 Å². The van der Waals surface area contributed by atoms with Gasteiger partial charge in [0.2, 0.25) is 5.91 Å². The standard InChI is InChI=1S/C15H21FN2O3/c1-11(2)8-18(10-15(20)21)9-14(19)17-7-12-3-5-13(16)6-4-12/h3-6,11H,7-10H2,1-2H3,(H,17,19)(H,20,21). The first-order valence-electron chi connectivity index (χ1n) is 6.82. The number of carbonyl (C=O) groups excluding carboxylic acids is 1. The third-order valence-corrected chi connectivity index (χ3v) is 2.75. The summed E-state index contributed by atoms with van der Waals surface area (Å²) in [5.74, 6) is -1.26. The van der Waals surface area contributed by atoms with E-state index in [-0.39, 0.29) is 30.7 Å². The number of aliphatic carboxylic acids is 1. The van der Waals surface area contributed by atoms with Gasteiger partial charge in [0.15, 0.2) is 0 Å². The van der Waals surface area contributed by atoms with Gasteiger partial charge in [0.05, 0.1) is 13.1 Å². The molecule has 0 bridgehead atoms. The smallest absolute Gasteiger partial charge is 0.317 e. The predicted octanol–water partition coefficient (Wildman–Crippen LogP) is 1.48. The normalized spacial score (nSPS) is 10.9. The molecule has 0 aliphatic rings. The molecule has 5 nitrogen and oxygen atoms in total. The van der Waals surface area contributed by atoms with Crippen molar-refractivity contribution in [2.45, 2.75) is 20.4 Å². The largest absolute Gasteiger partial charge is 0.480 e. The minimum absolute atomic E-state index is 0.0334. The monoisotopic (exact) mass is 296 g/mol. The van der Waals surface area contributed by atoms with Gasteiger partial charge in [-0.15, -0.1) is 0 Å². The van der Waals surface area contributed by atoms with E-state index in [2.05, 4.69) is 5.32 Å². The summed E-state index contributed by atoms with van der Waals surface area (Å²) in [6, 6.07) is 5.85. The summed E-state index contributed by atoms with van der Waals surface area (Å²) in [5, 5.41) is 11.5. The molecule has 0 aliphatic heterocycles. The molecule has 1 amide bonds. The molecule has 0 spiro atoms. The van der Waals surface area contributed by atoms with Gasteiger partial charge in [-0.2, -0.15) is 0 Å². The number of carboxylic acids is 1. The first kappa shape index (κ1) is 17.1. The summed E-state index contributed by atoms with van der Waals surface area (Å²) in [6.45, 7) is 4.63. The van der Waals surface area contributed by atoms with E-state index >= 15 is 0 Å². The number of carboxylic acid groups (broad SMARTS) is 1. The fraction of sp³-hybridized carbons (Fsp3) is 0.467. The SMILES string of the molecule is CC(C)CN(CC(=O)O)CC(=O)NCc1ccc(F)cc1. The fourth-order valence-electron chi connectivity index (χ4n) is 1.95. The van der Waals surface area contributed by atoms with Crippen molar-refractivity contribution in [3.63, 3.8) is 0 Å². The van der Waals surface area contributed by atoms with Crippen molar-refractivity contribution >= 4 is 11.9 Å². The number of hydrogen-bond acceptors (Lipinski definition) is 3. The summed E-state index contributed by atoms with van der Waals surface area (Å²) < 4.78 is 12.8. The summed E-state index contributed by atoms with van der Waals surface area (Å²) in [7, 11) is 0. The lowest BCUT2D eigenvalue weighted by atomic mass is 10.2. The molecule has 0 saturated heterocycles. The van der Waals surface area contributed by atoms with Crippen LogP contribution in [0.25, 0.3) is 0 Å². The molecular formula is C15H21FN2O3. The van der Waals surface area contributed by atoms with Crippen molar-refractivity contribution in [2.24, 2.45) is 5.92 Å². The van der Waals surface area contributed by atoms with E-state index in [0.717, 1.165) is 5.56 Å². The van der Waals surface area contributed by atoms with Gasteiger partial charge in [0, 0.05) is 13.1 Å². The van der Waals surface area contributed by atoms with Crippen molar-refractivity contribution in [3.8, 4) is 0 Å². The highest BCUT2D eigenvalue weighted by atomic mass is 19.1. The van der Waals surface area contributed by atoms with Crippen LogP contribution in [0.3, 0.4) is 0 Å². The number of benzene rings is 1. The second kappa shape index (κ2) is 8.36. The number of carbonyl (C=O) groups is 2. The molecule has 1 aromatic rings. The Morgan fingerprint density at radius 3 is 2.38 bits per heavy atom. The van der Waals surface area contributed by atoms with E-state index < -0.39 is 5.97 Å². The van der Waals surface area contributed by atoms with Crippen molar-refractivity contribution in [2.75, 3.05) is 19.6 Å². The van der Waals surface area contributed by atoms with Crippen LogP contribution in [0.2, 0.25) is 0 Å². The van der Waals surface area contributed by atoms with Gasteiger partial charge in [-0.1, -0.05) is 26.0 Å². The van der Waals surface area contributed by atoms with E-state index in [4.69, 9.17) is 5.11 Å². The van der Waals surface area contributed by atoms with Gasteiger partial charge < -0.3 is 10.4 Å². The van der Waals surface area contributed by atoms with Gasteiger partial charge in [0.25, 0.3) is 0 Å². The average molecular weight is 296 g/mol. The summed E-state index contributed by atoms with van der Waals surface area (Å²) in [6.07, 6.45) is 0. The summed E-state index contributed by atoms with van der Waals surface area (Å²) in [5.41, 5.74) is 0.790. The van der Waals surface area contributed by atoms with Gasteiger partial charge in [-0.05, 0) is 23.6 Å². The minimum atomic E-state index is -0.956. The van der Waals surface area contributed by atoms with Crippen LogP contribution in [0.5, 0.6) is 0 Å². The number of rotatable bonds is 8. The Hall–Kier alpha value is -1.95. The highest BCUT2D eigenvalue weighted by Crippen LogP contribution is 2.02. The van der Waals surface area contributed by atoms with Gasteiger partial charge in [-0.25, -0.2) is 4.39 Å². The second-order valence-corrected chi connectivity index (χ2v) is 5.36. The number of nitrogens with zero attached hydrogens (tertiary/aromatic N) is 1. The highest BCUT2D eigenvalue weighted by molar-refractivity contribution is 5.79. The molecule has 0 unspecified atom stereocenters. The molecule has 0 radical (unpaired) electrons. The van der Waals surface area contributed by atoms with Crippen LogP contribution < -0.4 is 5.32 Å². The van der Waals surface area contributed by atoms with Gasteiger partial charge >= 0.3 is 5.97 Å². The maximum Gasteiger partial charge on any atom is 0.317 e. The third-order valence-electron chi connectivity index (χ3n) is 2.75. The molecule has 116 valence electrons. The number of nitrogens with one attached hydrogen (secondary N) is 1. The van der Waals surface area contributed by atoms with Crippen LogP contribution >= 0.6 is 0 Å². The van der Waals surface area contributed by atoms with Crippen molar-refractivity contribution in [3.05, 3.63) is 35.6 Å². The topological polar surface area (TPSA) is 69.6 Å². The van der Waals surface area contributed by atoms with E-state index in [1.54, 1.807) is 17.0 Å². The average Bonchev–Trinajstić information content (AvgIpc) is 2.36. The zero-order valence-electron chi connectivity index (χ0n) is 12.3. The zero-order valence-corrected chi connectivity index (χ0v) is 12.3. The van der Waals surface area contributed by atoms with Crippen LogP contribution in [-0.2, 0) is 16.1 Å². The van der Waals surface area contributed by atoms with Crippen molar-refractivity contribution < 1.29 is 19.1 Å². The predicted molar refractivity (Wildman–Crippen MR) is 77.2 cm³/mol. The number of amides is 1. The highest BCUT2D eigenvalue weighted by Gasteiger charge is 2.15. The number of halogens is 1. The maximum atomic E-state index is 12.8. The van der Waals surface area contributed by atoms with Gasteiger partial charge in [-0.3, -0.25) is 14.5 Å². The molecule has 0 saturated carbocycles. The lowest BCUT2D eigenvalue weighted by Gasteiger charge is -2.21. The van der Waals surface area contributed by atoms with Crippen LogP contribution in [0, 0.1) is 11.7 Å². The Labute approximate surface area is 123 Å². The molecular weight excluding hydrogens is 275 g/mol. The molecule has 0 heterocycles. The first-order valence-corrected chi connectivity index (χ1v) is 6.82. The van der Waals surface area contributed by atoms with Crippen LogP contribution in [-0.4, -0.2) is 41.5 Å². The Kier molecular flexibility index (Phi) is 6.81. The van der Waals surface area contributed by atoms with E-state index in [1.165, 1.54) is 12.1 Å². The van der Waals surface area contributed by atoms with Crippen molar-refractivity contribution in [1.82, 2.24) is 10.2 Å². The van der Waals surface area contributed by atoms with Crippen LogP contribution in [0.15, 0.2) is 24.3 Å². The molecule has 21 heavy (non-hydrogen) atoms. The molecule has 0 fully saturated rings. The molecule has 0 aromatic heterocycles. The molecule has 0 atom stereocenters. The van der Waals surface area contributed by atoms with Crippen molar-refractivity contribution in [1.29, 1.82) is 0 Å². The summed E-state index contributed by atoms with van der Waals surface area (Å²) >= 11 is 0. The first-order chi connectivity index (χ1) is 9.86. The molecule has 6 heteroatoms. The summed E-state index contributed by atoms with van der Waals surface area (Å²) in [4.78, 5) is 24.2. The maximum absolute atomic E-state index is 12.8. The lowest BCUT2D eigenvalue weighted by molar-refractivity contribution is -0.138. The minimum Gasteiger partial charge on any atom is -0.480 e. The second-order valence-electron chi connectivity index (χ2n) is 5.36. The third kappa shape index (κ3) is 7.41. The quantitative estimate of drug-likeness (QED) is 0.762. The molecule has 2 N–H and O–H groups in total. The van der Waals surface area contributed by atoms with E-state index in [1.807, 2.05) is 13.8 Å². The zero-order chi connectivity index (χ0) is 15.8. The lowest BCUT2D eigenvalue weighted by Crippen LogP contribution is -2.41. The van der Waals surface area contributed by atoms with Crippen LogP contribution in [0.4, 0.5) is 4.39 Å². The molecule has 1 aromatic carbocycles. The van der Waals surface area contributed by atoms with E-state index in [9.17, 15) is 14.0 Å². The van der Waals surface area contributed by atoms with E-state index in [0.29, 0.717) is 13.1 Å². The Morgan fingerprint density at radius 2 is 1.86 bits per heavy atom.